The third-order valence-corrected chi connectivity index (χ3v) is 5.50. The van der Waals surface area contributed by atoms with E-state index in [0.29, 0.717) is 18.6 Å². The van der Waals surface area contributed by atoms with Crippen LogP contribution in [0.4, 0.5) is 0 Å². The molecular formula is C17H26N2O5S. The molecule has 1 aromatic carbocycles. The molecule has 140 valence electrons. The molecule has 1 amide bonds. The van der Waals surface area contributed by atoms with Gasteiger partial charge in [-0.1, -0.05) is 0 Å². The van der Waals surface area contributed by atoms with Crippen LogP contribution in [-0.2, 0) is 21.2 Å². The van der Waals surface area contributed by atoms with Crippen molar-refractivity contribution in [2.24, 2.45) is 0 Å². The lowest BCUT2D eigenvalue weighted by molar-refractivity contribution is -0.136. The minimum atomic E-state index is -3.28. The van der Waals surface area contributed by atoms with Gasteiger partial charge in [-0.15, -0.1) is 0 Å². The minimum absolute atomic E-state index is 0.127. The van der Waals surface area contributed by atoms with Crippen LogP contribution in [0.2, 0.25) is 0 Å². The second kappa shape index (κ2) is 6.84. The summed E-state index contributed by atoms with van der Waals surface area (Å²) in [6, 6.07) is 0. The molecule has 0 radical (unpaired) electrons. The van der Waals surface area contributed by atoms with Crippen molar-refractivity contribution in [3.8, 4) is 11.5 Å². The number of phenolic OH excluding ortho intramolecular Hbond substituents is 1. The summed E-state index contributed by atoms with van der Waals surface area (Å²) in [5.41, 5.74) is 2.27. The van der Waals surface area contributed by atoms with E-state index >= 15 is 0 Å². The highest BCUT2D eigenvalue weighted by atomic mass is 32.2. The number of hydrogen-bond donors (Lipinski definition) is 3. The molecular weight excluding hydrogens is 344 g/mol. The molecule has 0 spiro atoms. The fourth-order valence-electron chi connectivity index (χ4n) is 3.01. The first-order chi connectivity index (χ1) is 11.5. The van der Waals surface area contributed by atoms with Crippen molar-refractivity contribution in [3.05, 3.63) is 22.3 Å². The summed E-state index contributed by atoms with van der Waals surface area (Å²) in [6.07, 6.45) is 2.18. The summed E-state index contributed by atoms with van der Waals surface area (Å²) in [5, 5.41) is 12.9. The van der Waals surface area contributed by atoms with Crippen molar-refractivity contribution in [3.63, 3.8) is 0 Å². The standard InChI is InChI=1S/C17H26N2O5S/c1-10-11(2)15-13(12(3)14(10)20)6-7-17(4,24-15)16(21)18-8-9-19-25(5,22)23/h19-20H,6-9H2,1-5H3,(H,18,21)/t17-/m0/s1. The molecule has 0 saturated carbocycles. The highest BCUT2D eigenvalue weighted by Gasteiger charge is 2.40. The molecule has 0 aromatic heterocycles. The van der Waals surface area contributed by atoms with E-state index in [1.54, 1.807) is 6.92 Å². The summed E-state index contributed by atoms with van der Waals surface area (Å²) in [6.45, 7) is 7.58. The van der Waals surface area contributed by atoms with E-state index in [0.717, 1.165) is 28.5 Å². The van der Waals surface area contributed by atoms with Gasteiger partial charge in [0.2, 0.25) is 10.0 Å². The van der Waals surface area contributed by atoms with E-state index in [1.165, 1.54) is 0 Å². The van der Waals surface area contributed by atoms with Gasteiger partial charge in [0.1, 0.15) is 11.5 Å². The second-order valence-electron chi connectivity index (χ2n) is 6.79. The van der Waals surface area contributed by atoms with Crippen LogP contribution in [0.25, 0.3) is 0 Å². The topological polar surface area (TPSA) is 105 Å². The number of phenols is 1. The van der Waals surface area contributed by atoms with Gasteiger partial charge in [0.15, 0.2) is 5.60 Å². The zero-order valence-electron chi connectivity index (χ0n) is 15.3. The fraction of sp³-hybridized carbons (Fsp3) is 0.588. The molecule has 1 aliphatic heterocycles. The average molecular weight is 370 g/mol. The van der Waals surface area contributed by atoms with E-state index in [1.807, 2.05) is 20.8 Å². The van der Waals surface area contributed by atoms with Crippen LogP contribution < -0.4 is 14.8 Å². The third kappa shape index (κ3) is 4.07. The first kappa shape index (κ1) is 19.5. The quantitative estimate of drug-likeness (QED) is 0.673. The first-order valence-electron chi connectivity index (χ1n) is 8.20. The van der Waals surface area contributed by atoms with E-state index in [9.17, 15) is 18.3 Å². The lowest BCUT2D eigenvalue weighted by Crippen LogP contribution is -2.52. The number of carbonyl (C=O) groups is 1. The Morgan fingerprint density at radius 2 is 1.84 bits per heavy atom. The number of carbonyl (C=O) groups excluding carboxylic acids is 1. The number of ether oxygens (including phenoxy) is 1. The van der Waals surface area contributed by atoms with Crippen LogP contribution in [0.5, 0.6) is 11.5 Å². The number of aromatic hydroxyl groups is 1. The molecule has 25 heavy (non-hydrogen) atoms. The van der Waals surface area contributed by atoms with Gasteiger partial charge >= 0.3 is 0 Å². The molecule has 3 N–H and O–H groups in total. The second-order valence-corrected chi connectivity index (χ2v) is 8.62. The highest BCUT2D eigenvalue weighted by Crippen LogP contribution is 2.43. The van der Waals surface area contributed by atoms with Crippen molar-refractivity contribution < 1.29 is 23.1 Å². The van der Waals surface area contributed by atoms with E-state index < -0.39 is 15.6 Å². The Hall–Kier alpha value is -1.80. The number of nitrogens with one attached hydrogen (secondary N) is 2. The molecule has 1 atom stereocenters. The molecule has 7 nitrogen and oxygen atoms in total. The van der Waals surface area contributed by atoms with Crippen molar-refractivity contribution in [2.75, 3.05) is 19.3 Å². The zero-order chi connectivity index (χ0) is 19.0. The number of hydrogen-bond acceptors (Lipinski definition) is 5. The van der Waals surface area contributed by atoms with Gasteiger partial charge in [0.05, 0.1) is 6.26 Å². The fourth-order valence-corrected chi connectivity index (χ4v) is 3.48. The van der Waals surface area contributed by atoms with Gasteiger partial charge in [0.25, 0.3) is 5.91 Å². The highest BCUT2D eigenvalue weighted by molar-refractivity contribution is 7.88. The summed E-state index contributed by atoms with van der Waals surface area (Å²) in [5.74, 6) is 0.655. The largest absolute Gasteiger partial charge is 0.507 e. The van der Waals surface area contributed by atoms with Crippen molar-refractivity contribution in [1.29, 1.82) is 0 Å². The maximum atomic E-state index is 12.5. The monoisotopic (exact) mass is 370 g/mol. The van der Waals surface area contributed by atoms with Crippen LogP contribution in [0, 0.1) is 20.8 Å². The van der Waals surface area contributed by atoms with Gasteiger partial charge < -0.3 is 15.2 Å². The molecule has 1 aliphatic rings. The predicted molar refractivity (Wildman–Crippen MR) is 95.5 cm³/mol. The van der Waals surface area contributed by atoms with Crippen LogP contribution in [0.15, 0.2) is 0 Å². The Balaban J connectivity index is 2.13. The Kier molecular flexibility index (Phi) is 5.34. The minimum Gasteiger partial charge on any atom is -0.507 e. The van der Waals surface area contributed by atoms with E-state index in [2.05, 4.69) is 10.0 Å². The molecule has 1 aromatic rings. The molecule has 0 bridgehead atoms. The van der Waals surface area contributed by atoms with E-state index in [-0.39, 0.29) is 24.7 Å². The summed E-state index contributed by atoms with van der Waals surface area (Å²) >= 11 is 0. The summed E-state index contributed by atoms with van der Waals surface area (Å²) < 4.78 is 30.5. The molecule has 1 heterocycles. The smallest absolute Gasteiger partial charge is 0.263 e. The zero-order valence-corrected chi connectivity index (χ0v) is 16.1. The maximum absolute atomic E-state index is 12.5. The molecule has 8 heteroatoms. The van der Waals surface area contributed by atoms with Crippen LogP contribution in [0.3, 0.4) is 0 Å². The van der Waals surface area contributed by atoms with Crippen LogP contribution >= 0.6 is 0 Å². The van der Waals surface area contributed by atoms with Gasteiger partial charge in [-0.2, -0.15) is 0 Å². The number of benzene rings is 1. The van der Waals surface area contributed by atoms with Gasteiger partial charge in [-0.3, -0.25) is 4.79 Å². The molecule has 0 aliphatic carbocycles. The van der Waals surface area contributed by atoms with Crippen LogP contribution in [-0.4, -0.2) is 44.4 Å². The summed E-state index contributed by atoms with van der Waals surface area (Å²) in [4.78, 5) is 12.5. The van der Waals surface area contributed by atoms with Gasteiger partial charge in [-0.25, -0.2) is 13.1 Å². The Morgan fingerprint density at radius 1 is 1.20 bits per heavy atom. The molecule has 2 rings (SSSR count). The number of rotatable bonds is 5. The third-order valence-electron chi connectivity index (χ3n) is 4.77. The van der Waals surface area contributed by atoms with Gasteiger partial charge in [0, 0.05) is 25.1 Å². The molecule has 0 fully saturated rings. The SMILES string of the molecule is Cc1c(C)c2c(c(C)c1O)CC[C@@](C)(C(=O)NCCNS(C)(=O)=O)O2. The molecule has 0 unspecified atom stereocenters. The number of amides is 1. The first-order valence-corrected chi connectivity index (χ1v) is 10.1. The number of fused-ring (bicyclic) bond motifs is 1. The number of sulfonamides is 1. The van der Waals surface area contributed by atoms with Crippen molar-refractivity contribution in [2.45, 2.75) is 46.1 Å². The van der Waals surface area contributed by atoms with Gasteiger partial charge in [-0.05, 0) is 50.8 Å². The Labute approximate surface area is 148 Å². The Morgan fingerprint density at radius 3 is 2.44 bits per heavy atom. The van der Waals surface area contributed by atoms with E-state index in [4.69, 9.17) is 4.74 Å². The average Bonchev–Trinajstić information content (AvgIpc) is 2.53. The van der Waals surface area contributed by atoms with Crippen LogP contribution in [0.1, 0.15) is 35.6 Å². The maximum Gasteiger partial charge on any atom is 0.263 e. The Bertz CT molecular complexity index is 804. The van der Waals surface area contributed by atoms with Crippen molar-refractivity contribution in [1.82, 2.24) is 10.0 Å². The summed E-state index contributed by atoms with van der Waals surface area (Å²) in [7, 11) is -3.28. The van der Waals surface area contributed by atoms with Crippen molar-refractivity contribution >= 4 is 15.9 Å². The predicted octanol–water partition coefficient (Wildman–Crippen LogP) is 1.07. The lowest BCUT2D eigenvalue weighted by Gasteiger charge is -2.36. The normalized spacial score (nSPS) is 19.9. The molecule has 0 saturated heterocycles. The lowest BCUT2D eigenvalue weighted by atomic mass is 9.86.